The van der Waals surface area contributed by atoms with E-state index in [9.17, 15) is 9.90 Å². The summed E-state index contributed by atoms with van der Waals surface area (Å²) in [4.78, 5) is 18.7. The molecule has 0 atom stereocenters. The second-order valence-corrected chi connectivity index (χ2v) is 3.85. The van der Waals surface area contributed by atoms with Gasteiger partial charge in [0, 0.05) is 12.5 Å². The molecule has 80 valence electrons. The van der Waals surface area contributed by atoms with Crippen LogP contribution in [0.5, 0.6) is 0 Å². The summed E-state index contributed by atoms with van der Waals surface area (Å²) in [7, 11) is 0. The highest BCUT2D eigenvalue weighted by atomic mass is 79.9. The molecule has 0 aliphatic rings. The van der Waals surface area contributed by atoms with Gasteiger partial charge in [-0.25, -0.2) is 9.97 Å². The fourth-order valence-corrected chi connectivity index (χ4v) is 1.31. The molecule has 0 amide bonds. The molecule has 15 heavy (non-hydrogen) atoms. The van der Waals surface area contributed by atoms with Gasteiger partial charge in [0.1, 0.15) is 16.1 Å². The molecule has 0 unspecified atom stereocenters. The molecule has 0 spiro atoms. The third-order valence-electron chi connectivity index (χ3n) is 1.59. The number of halogens is 2. The van der Waals surface area contributed by atoms with E-state index in [1.165, 1.54) is 6.20 Å². The van der Waals surface area contributed by atoms with Gasteiger partial charge in [-0.1, -0.05) is 18.5 Å². The van der Waals surface area contributed by atoms with Gasteiger partial charge in [0.05, 0.1) is 6.20 Å². The largest absolute Gasteiger partial charge is 0.505 e. The van der Waals surface area contributed by atoms with Crippen molar-refractivity contribution >= 4 is 39.1 Å². The number of aliphatic hydroxyl groups excluding tert-OH is 1. The first kappa shape index (κ1) is 12.1. The second-order valence-electron chi connectivity index (χ2n) is 2.68. The van der Waals surface area contributed by atoms with E-state index in [1.54, 1.807) is 6.92 Å². The number of nitrogens with zero attached hydrogens (tertiary/aromatic N) is 2. The molecule has 0 saturated heterocycles. The van der Waals surface area contributed by atoms with Crippen molar-refractivity contribution in [2.24, 2.45) is 0 Å². The van der Waals surface area contributed by atoms with E-state index >= 15 is 0 Å². The van der Waals surface area contributed by atoms with Gasteiger partial charge in [-0.2, -0.15) is 0 Å². The second kappa shape index (κ2) is 5.23. The van der Waals surface area contributed by atoms with E-state index in [4.69, 9.17) is 11.6 Å². The molecular formula is C9H8BrClN2O2. The van der Waals surface area contributed by atoms with E-state index in [0.717, 1.165) is 6.08 Å². The molecule has 0 bridgehead atoms. The quantitative estimate of drug-likeness (QED) is 0.687. The van der Waals surface area contributed by atoms with Gasteiger partial charge in [0.15, 0.2) is 10.9 Å². The van der Waals surface area contributed by atoms with E-state index < -0.39 is 0 Å². The van der Waals surface area contributed by atoms with Crippen LogP contribution >= 0.6 is 27.5 Å². The number of carbonyl (C=O) groups is 1. The lowest BCUT2D eigenvalue weighted by atomic mass is 10.2. The fraction of sp³-hybridized carbons (Fsp3) is 0.222. The minimum atomic E-state index is -0.277. The van der Waals surface area contributed by atoms with E-state index in [-0.39, 0.29) is 22.4 Å². The molecule has 1 N–H and O–H groups in total. The predicted octanol–water partition coefficient (Wildman–Crippen LogP) is 2.77. The van der Waals surface area contributed by atoms with Gasteiger partial charge in [-0.3, -0.25) is 4.79 Å². The molecule has 0 fully saturated rings. The summed E-state index contributed by atoms with van der Waals surface area (Å²) in [6.45, 7) is 1.69. The Hall–Kier alpha value is -0.940. The van der Waals surface area contributed by atoms with Crippen molar-refractivity contribution in [3.8, 4) is 0 Å². The zero-order valence-corrected chi connectivity index (χ0v) is 10.2. The first-order valence-corrected chi connectivity index (χ1v) is 5.33. The van der Waals surface area contributed by atoms with Crippen molar-refractivity contribution in [1.82, 2.24) is 9.97 Å². The molecule has 0 radical (unpaired) electrons. The maximum atomic E-state index is 11.1. The molecule has 1 aromatic rings. The van der Waals surface area contributed by atoms with Crippen LogP contribution in [0, 0.1) is 0 Å². The molecule has 1 heterocycles. The lowest BCUT2D eigenvalue weighted by Crippen LogP contribution is -1.97. The number of carbonyl (C=O) groups excluding carboxylic acids is 1. The summed E-state index contributed by atoms with van der Waals surface area (Å²) < 4.78 is 0.436. The van der Waals surface area contributed by atoms with Gasteiger partial charge in [-0.05, 0) is 15.9 Å². The first-order chi connectivity index (χ1) is 7.04. The van der Waals surface area contributed by atoms with Crippen LogP contribution in [0.3, 0.4) is 0 Å². The highest BCUT2D eigenvalue weighted by molar-refractivity contribution is 9.10. The third kappa shape index (κ3) is 3.28. The lowest BCUT2D eigenvalue weighted by molar-refractivity contribution is -0.114. The van der Waals surface area contributed by atoms with E-state index in [2.05, 4.69) is 25.9 Å². The van der Waals surface area contributed by atoms with Crippen molar-refractivity contribution in [2.45, 2.75) is 13.3 Å². The van der Waals surface area contributed by atoms with Crippen molar-refractivity contribution in [1.29, 1.82) is 0 Å². The molecule has 4 nitrogen and oxygen atoms in total. The van der Waals surface area contributed by atoms with Crippen molar-refractivity contribution in [3.63, 3.8) is 0 Å². The minimum Gasteiger partial charge on any atom is -0.505 e. The molecule has 6 heteroatoms. The number of hydrogen-bond donors (Lipinski definition) is 1. The molecular weight excluding hydrogens is 283 g/mol. The fourth-order valence-electron chi connectivity index (χ4n) is 0.839. The zero-order chi connectivity index (χ0) is 11.4. The number of aromatic nitrogens is 2. The van der Waals surface area contributed by atoms with E-state index in [1.807, 2.05) is 0 Å². The van der Waals surface area contributed by atoms with E-state index in [0.29, 0.717) is 11.0 Å². The van der Waals surface area contributed by atoms with Crippen molar-refractivity contribution < 1.29 is 9.90 Å². The third-order valence-corrected chi connectivity index (χ3v) is 2.25. The molecule has 1 rings (SSSR count). The Balaban J connectivity index is 3.10. The van der Waals surface area contributed by atoms with Crippen LogP contribution in [0.15, 0.2) is 16.9 Å². The molecule has 0 aliphatic carbocycles. The normalized spacial score (nSPS) is 11.5. The molecule has 1 aromatic heterocycles. The smallest absolute Gasteiger partial charge is 0.159 e. The standard InChI is InChI=1S/C9H8BrClN2O2/c1-2-5(14)3-6(15)8-9(11)12-4-7(10)13-8/h3-4,15H,2H2,1H3. The Labute approximate surface area is 100 Å². The maximum Gasteiger partial charge on any atom is 0.159 e. The van der Waals surface area contributed by atoms with Crippen LogP contribution < -0.4 is 0 Å². The summed E-state index contributed by atoms with van der Waals surface area (Å²) in [5, 5.41) is 9.61. The number of rotatable bonds is 3. The Kier molecular flexibility index (Phi) is 4.23. The Bertz CT molecular complexity index is 421. The predicted molar refractivity (Wildman–Crippen MR) is 60.6 cm³/mol. The average Bonchev–Trinajstić information content (AvgIpc) is 2.21. The van der Waals surface area contributed by atoms with Gasteiger partial charge in [-0.15, -0.1) is 0 Å². The summed E-state index contributed by atoms with van der Waals surface area (Å²) in [5.41, 5.74) is 0.0906. The highest BCUT2D eigenvalue weighted by Crippen LogP contribution is 2.19. The molecule has 0 aliphatic heterocycles. The van der Waals surface area contributed by atoms with Gasteiger partial charge >= 0.3 is 0 Å². The summed E-state index contributed by atoms with van der Waals surface area (Å²) in [6, 6.07) is 0. The highest BCUT2D eigenvalue weighted by Gasteiger charge is 2.10. The number of aliphatic hydroxyl groups is 1. The zero-order valence-electron chi connectivity index (χ0n) is 7.87. The van der Waals surface area contributed by atoms with Crippen LogP contribution in [-0.2, 0) is 4.79 Å². The van der Waals surface area contributed by atoms with Gasteiger partial charge < -0.3 is 5.11 Å². The van der Waals surface area contributed by atoms with Crippen LogP contribution in [-0.4, -0.2) is 20.9 Å². The van der Waals surface area contributed by atoms with Crippen LogP contribution in [0.25, 0.3) is 5.76 Å². The number of allylic oxidation sites excluding steroid dienone is 1. The summed E-state index contributed by atoms with van der Waals surface area (Å²) in [6.07, 6.45) is 2.80. The molecule has 0 aromatic carbocycles. The Morgan fingerprint density at radius 3 is 3.00 bits per heavy atom. The number of hydrogen-bond acceptors (Lipinski definition) is 4. The van der Waals surface area contributed by atoms with Crippen LogP contribution in [0.1, 0.15) is 19.0 Å². The average molecular weight is 292 g/mol. The van der Waals surface area contributed by atoms with Crippen LogP contribution in [0.4, 0.5) is 0 Å². The summed E-state index contributed by atoms with van der Waals surface area (Å²) in [5.74, 6) is -0.481. The molecule has 0 saturated carbocycles. The van der Waals surface area contributed by atoms with Gasteiger partial charge in [0.25, 0.3) is 0 Å². The van der Waals surface area contributed by atoms with Gasteiger partial charge in [0.2, 0.25) is 0 Å². The SMILES string of the molecule is CCC(=O)C=C(O)c1nc(Br)cnc1Cl. The maximum absolute atomic E-state index is 11.1. The Morgan fingerprint density at radius 2 is 2.40 bits per heavy atom. The lowest BCUT2D eigenvalue weighted by Gasteiger charge is -2.01. The summed E-state index contributed by atoms with van der Waals surface area (Å²) >= 11 is 8.80. The van der Waals surface area contributed by atoms with Crippen LogP contribution in [0.2, 0.25) is 5.15 Å². The number of ketones is 1. The van der Waals surface area contributed by atoms with Crippen molar-refractivity contribution in [2.75, 3.05) is 0 Å². The first-order valence-electron chi connectivity index (χ1n) is 4.16. The monoisotopic (exact) mass is 290 g/mol. The minimum absolute atomic E-state index is 0.0517. The topological polar surface area (TPSA) is 63.1 Å². The Morgan fingerprint density at radius 1 is 1.73 bits per heavy atom. The van der Waals surface area contributed by atoms with Crippen molar-refractivity contribution in [3.05, 3.63) is 27.7 Å².